The standard InChI is InChI=1S/C12H16F3N3O/c1-7-3-4-8(2)10(5-7)17-6-9(11(16)18-19)12(13,14)15/h3-5,9,17,19H,6H2,1-2H3,(H2,16,18). The van der Waals surface area contributed by atoms with Gasteiger partial charge in [0.05, 0.1) is 0 Å². The number of nitrogens with zero attached hydrogens (tertiary/aromatic N) is 1. The van der Waals surface area contributed by atoms with E-state index in [4.69, 9.17) is 10.9 Å². The average Bonchev–Trinajstić information content (AvgIpc) is 2.31. The Labute approximate surface area is 109 Å². The third-order valence-corrected chi connectivity index (χ3v) is 2.76. The Kier molecular flexibility index (Phi) is 4.63. The number of oxime groups is 1. The van der Waals surface area contributed by atoms with E-state index in [-0.39, 0.29) is 0 Å². The van der Waals surface area contributed by atoms with Gasteiger partial charge in [-0.25, -0.2) is 0 Å². The zero-order chi connectivity index (χ0) is 14.6. The largest absolute Gasteiger partial charge is 0.409 e. The van der Waals surface area contributed by atoms with Crippen LogP contribution in [0.1, 0.15) is 11.1 Å². The summed E-state index contributed by atoms with van der Waals surface area (Å²) >= 11 is 0. The Morgan fingerprint density at radius 1 is 1.42 bits per heavy atom. The van der Waals surface area contributed by atoms with Crippen molar-refractivity contribution in [3.8, 4) is 0 Å². The Morgan fingerprint density at radius 2 is 2.05 bits per heavy atom. The molecule has 0 bridgehead atoms. The van der Waals surface area contributed by atoms with E-state index in [0.717, 1.165) is 11.1 Å². The van der Waals surface area contributed by atoms with Crippen LogP contribution in [0.2, 0.25) is 0 Å². The topological polar surface area (TPSA) is 70.6 Å². The molecule has 0 aliphatic heterocycles. The number of rotatable bonds is 4. The fraction of sp³-hybridized carbons (Fsp3) is 0.417. The first-order valence-electron chi connectivity index (χ1n) is 5.61. The minimum atomic E-state index is -4.57. The minimum Gasteiger partial charge on any atom is -0.409 e. The highest BCUT2D eigenvalue weighted by atomic mass is 19.4. The molecule has 0 aromatic heterocycles. The van der Waals surface area contributed by atoms with Crippen molar-refractivity contribution in [3.63, 3.8) is 0 Å². The Hall–Kier alpha value is -1.92. The van der Waals surface area contributed by atoms with E-state index < -0.39 is 24.5 Å². The van der Waals surface area contributed by atoms with Gasteiger partial charge in [0.2, 0.25) is 0 Å². The number of halogens is 3. The Bertz CT molecular complexity index is 472. The number of benzene rings is 1. The van der Waals surface area contributed by atoms with Crippen LogP contribution >= 0.6 is 0 Å². The number of amidine groups is 1. The summed E-state index contributed by atoms with van der Waals surface area (Å²) in [5, 5.41) is 13.5. The number of anilines is 1. The molecule has 1 aromatic carbocycles. The first-order chi connectivity index (χ1) is 8.75. The molecule has 7 heteroatoms. The number of aryl methyl sites for hydroxylation is 2. The van der Waals surface area contributed by atoms with Gasteiger partial charge in [0.25, 0.3) is 0 Å². The molecule has 4 nitrogen and oxygen atoms in total. The first-order valence-corrected chi connectivity index (χ1v) is 5.61. The maximum atomic E-state index is 12.7. The van der Waals surface area contributed by atoms with Gasteiger partial charge in [0.15, 0.2) is 5.84 Å². The van der Waals surface area contributed by atoms with Crippen molar-refractivity contribution in [3.05, 3.63) is 29.3 Å². The quantitative estimate of drug-likeness (QED) is 0.342. The van der Waals surface area contributed by atoms with E-state index in [1.807, 2.05) is 19.1 Å². The summed E-state index contributed by atoms with van der Waals surface area (Å²) in [5.74, 6) is -2.89. The normalized spacial score (nSPS) is 14.3. The summed E-state index contributed by atoms with van der Waals surface area (Å²) < 4.78 is 38.2. The smallest absolute Gasteiger partial charge is 0.400 e. The second-order valence-electron chi connectivity index (χ2n) is 4.32. The second kappa shape index (κ2) is 5.81. The van der Waals surface area contributed by atoms with Crippen LogP contribution in [0.25, 0.3) is 0 Å². The molecule has 1 unspecified atom stereocenters. The lowest BCUT2D eigenvalue weighted by molar-refractivity contribution is -0.152. The van der Waals surface area contributed by atoms with Crippen molar-refractivity contribution in [2.45, 2.75) is 20.0 Å². The van der Waals surface area contributed by atoms with Crippen molar-refractivity contribution < 1.29 is 18.4 Å². The fourth-order valence-electron chi connectivity index (χ4n) is 1.60. The Balaban J connectivity index is 2.85. The van der Waals surface area contributed by atoms with E-state index in [2.05, 4.69) is 10.5 Å². The molecule has 1 rings (SSSR count). The van der Waals surface area contributed by atoms with E-state index in [0.29, 0.717) is 5.69 Å². The minimum absolute atomic E-state index is 0.482. The second-order valence-corrected chi connectivity index (χ2v) is 4.32. The maximum Gasteiger partial charge on any atom is 0.400 e. The zero-order valence-electron chi connectivity index (χ0n) is 10.6. The van der Waals surface area contributed by atoms with Gasteiger partial charge in [-0.3, -0.25) is 0 Å². The average molecular weight is 275 g/mol. The van der Waals surface area contributed by atoms with Crippen LogP contribution < -0.4 is 11.1 Å². The molecule has 1 atom stereocenters. The molecule has 0 fully saturated rings. The molecule has 0 saturated carbocycles. The monoisotopic (exact) mass is 275 g/mol. The predicted molar refractivity (Wildman–Crippen MR) is 67.4 cm³/mol. The van der Waals surface area contributed by atoms with Gasteiger partial charge < -0.3 is 16.3 Å². The lowest BCUT2D eigenvalue weighted by Crippen LogP contribution is -2.40. The van der Waals surface area contributed by atoms with Crippen LogP contribution in [0.5, 0.6) is 0 Å². The molecule has 0 amide bonds. The Morgan fingerprint density at radius 3 is 2.58 bits per heavy atom. The van der Waals surface area contributed by atoms with Gasteiger partial charge in [-0.2, -0.15) is 13.2 Å². The van der Waals surface area contributed by atoms with Crippen LogP contribution in [-0.4, -0.2) is 23.8 Å². The number of hydrogen-bond acceptors (Lipinski definition) is 3. The highest BCUT2D eigenvalue weighted by Crippen LogP contribution is 2.27. The molecule has 19 heavy (non-hydrogen) atoms. The van der Waals surface area contributed by atoms with Crippen molar-refractivity contribution in [1.82, 2.24) is 0 Å². The van der Waals surface area contributed by atoms with Crippen molar-refractivity contribution in [2.75, 3.05) is 11.9 Å². The van der Waals surface area contributed by atoms with E-state index >= 15 is 0 Å². The summed E-state index contributed by atoms with van der Waals surface area (Å²) in [6.45, 7) is 3.15. The van der Waals surface area contributed by atoms with Crippen LogP contribution in [0.4, 0.5) is 18.9 Å². The van der Waals surface area contributed by atoms with Gasteiger partial charge in [-0.05, 0) is 31.0 Å². The third kappa shape index (κ3) is 4.04. The number of hydrogen-bond donors (Lipinski definition) is 3. The highest BCUT2D eigenvalue weighted by Gasteiger charge is 2.42. The molecule has 1 aromatic rings. The van der Waals surface area contributed by atoms with Crippen LogP contribution in [-0.2, 0) is 0 Å². The van der Waals surface area contributed by atoms with Gasteiger partial charge in [0, 0.05) is 12.2 Å². The van der Waals surface area contributed by atoms with Crippen molar-refractivity contribution in [1.29, 1.82) is 0 Å². The first kappa shape index (κ1) is 15.1. The van der Waals surface area contributed by atoms with Crippen molar-refractivity contribution >= 4 is 11.5 Å². The molecule has 4 N–H and O–H groups in total. The SMILES string of the molecule is Cc1ccc(C)c(NCC(/C(N)=N/O)C(F)(F)F)c1. The molecular weight excluding hydrogens is 259 g/mol. The third-order valence-electron chi connectivity index (χ3n) is 2.76. The highest BCUT2D eigenvalue weighted by molar-refractivity contribution is 5.83. The number of nitrogens with two attached hydrogens (primary N) is 1. The summed E-state index contributed by atoms with van der Waals surface area (Å²) in [5.41, 5.74) is 7.43. The van der Waals surface area contributed by atoms with Gasteiger partial charge >= 0.3 is 6.18 Å². The van der Waals surface area contributed by atoms with Crippen LogP contribution in [0.3, 0.4) is 0 Å². The van der Waals surface area contributed by atoms with Gasteiger partial charge in [0.1, 0.15) is 5.92 Å². The van der Waals surface area contributed by atoms with Crippen LogP contribution in [0, 0.1) is 19.8 Å². The maximum absolute atomic E-state index is 12.7. The molecule has 0 radical (unpaired) electrons. The van der Waals surface area contributed by atoms with Crippen LogP contribution in [0.15, 0.2) is 23.4 Å². The summed E-state index contributed by atoms with van der Waals surface area (Å²) in [6, 6.07) is 5.42. The molecule has 0 spiro atoms. The fourth-order valence-corrected chi connectivity index (χ4v) is 1.60. The van der Waals surface area contributed by atoms with E-state index in [1.54, 1.807) is 13.0 Å². The molecule has 0 heterocycles. The summed E-state index contributed by atoms with van der Waals surface area (Å²) in [4.78, 5) is 0. The van der Waals surface area contributed by atoms with Gasteiger partial charge in [-0.15, -0.1) is 0 Å². The lowest BCUT2D eigenvalue weighted by atomic mass is 10.1. The zero-order valence-corrected chi connectivity index (χ0v) is 10.6. The summed E-state index contributed by atoms with van der Waals surface area (Å²) in [7, 11) is 0. The van der Waals surface area contributed by atoms with Crippen molar-refractivity contribution in [2.24, 2.45) is 16.8 Å². The molecule has 0 saturated heterocycles. The van der Waals surface area contributed by atoms with E-state index in [1.165, 1.54) is 0 Å². The predicted octanol–water partition coefficient (Wildman–Crippen LogP) is 2.64. The molecular formula is C12H16F3N3O. The molecule has 0 aliphatic carbocycles. The lowest BCUT2D eigenvalue weighted by Gasteiger charge is -2.20. The number of nitrogens with one attached hydrogen (secondary N) is 1. The summed E-state index contributed by atoms with van der Waals surface area (Å²) in [6.07, 6.45) is -4.57. The molecule has 106 valence electrons. The number of alkyl halides is 3. The van der Waals surface area contributed by atoms with Gasteiger partial charge in [-0.1, -0.05) is 17.3 Å². The molecule has 0 aliphatic rings. The van der Waals surface area contributed by atoms with E-state index in [9.17, 15) is 13.2 Å².